The lowest BCUT2D eigenvalue weighted by Gasteiger charge is -2.03. The average Bonchev–Trinajstić information content (AvgIpc) is 2.68. The lowest BCUT2D eigenvalue weighted by molar-refractivity contribution is 0.0995. The first-order chi connectivity index (χ1) is 8.08. The van der Waals surface area contributed by atoms with Crippen LogP contribution in [0.3, 0.4) is 0 Å². The van der Waals surface area contributed by atoms with Crippen LogP contribution >= 0.6 is 27.3 Å². The van der Waals surface area contributed by atoms with Gasteiger partial charge in [-0.2, -0.15) is 0 Å². The molecule has 1 nitrogen and oxygen atoms in total. The van der Waals surface area contributed by atoms with E-state index in [4.69, 9.17) is 0 Å². The summed E-state index contributed by atoms with van der Waals surface area (Å²) in [5, 5.41) is 1.88. The van der Waals surface area contributed by atoms with E-state index >= 15 is 0 Å². The maximum Gasteiger partial charge on any atom is 0.177 e. The van der Waals surface area contributed by atoms with E-state index < -0.39 is 0 Å². The Morgan fingerprint density at radius 1 is 1.41 bits per heavy atom. The zero-order valence-corrected chi connectivity index (χ0v) is 11.6. The summed E-state index contributed by atoms with van der Waals surface area (Å²) in [5.74, 6) is -0.374. The Kier molecular flexibility index (Phi) is 3.74. The van der Waals surface area contributed by atoms with Crippen LogP contribution in [0.5, 0.6) is 0 Å². The van der Waals surface area contributed by atoms with Crippen molar-refractivity contribution in [2.24, 2.45) is 0 Å². The number of aryl methyl sites for hydroxylation is 1. The van der Waals surface area contributed by atoms with Gasteiger partial charge in [0.2, 0.25) is 0 Å². The Morgan fingerprint density at radius 2 is 2.18 bits per heavy atom. The smallest absolute Gasteiger partial charge is 0.177 e. The molecule has 0 fully saturated rings. The summed E-state index contributed by atoms with van der Waals surface area (Å²) < 4.78 is 14.3. The number of halogens is 2. The highest BCUT2D eigenvalue weighted by molar-refractivity contribution is 9.10. The van der Waals surface area contributed by atoms with Crippen molar-refractivity contribution in [3.63, 3.8) is 0 Å². The first kappa shape index (κ1) is 12.5. The summed E-state index contributed by atoms with van der Waals surface area (Å²) >= 11 is 4.59. The highest BCUT2D eigenvalue weighted by atomic mass is 79.9. The highest BCUT2D eigenvalue weighted by Gasteiger charge is 2.13. The normalized spacial score (nSPS) is 10.5. The molecule has 1 heterocycles. The molecule has 0 bridgehead atoms. The zero-order chi connectivity index (χ0) is 12.4. The average molecular weight is 313 g/mol. The molecule has 0 unspecified atom stereocenters. The minimum absolute atomic E-state index is 0.0290. The fourth-order valence-electron chi connectivity index (χ4n) is 1.58. The van der Waals surface area contributed by atoms with Gasteiger partial charge in [0.1, 0.15) is 5.82 Å². The van der Waals surface area contributed by atoms with Crippen molar-refractivity contribution in [2.45, 2.75) is 13.3 Å². The molecule has 0 amide bonds. The maximum absolute atomic E-state index is 13.6. The highest BCUT2D eigenvalue weighted by Crippen LogP contribution is 2.21. The molecule has 0 N–H and O–H groups in total. The third-order valence-electron chi connectivity index (χ3n) is 2.48. The zero-order valence-electron chi connectivity index (χ0n) is 9.17. The van der Waals surface area contributed by atoms with Gasteiger partial charge in [-0.25, -0.2) is 4.39 Å². The van der Waals surface area contributed by atoms with Crippen LogP contribution in [0.15, 0.2) is 34.1 Å². The maximum atomic E-state index is 13.6. The first-order valence-corrected chi connectivity index (χ1v) is 6.76. The summed E-state index contributed by atoms with van der Waals surface area (Å²) in [6.45, 7) is 1.89. The van der Waals surface area contributed by atoms with Crippen molar-refractivity contribution in [1.82, 2.24) is 0 Å². The first-order valence-electron chi connectivity index (χ1n) is 5.09. The van der Waals surface area contributed by atoms with Crippen LogP contribution < -0.4 is 0 Å². The largest absolute Gasteiger partial charge is 0.293 e. The Labute approximate surface area is 111 Å². The van der Waals surface area contributed by atoms with Gasteiger partial charge in [-0.05, 0) is 41.6 Å². The summed E-state index contributed by atoms with van der Waals surface area (Å²) in [6, 6.07) is 6.66. The van der Waals surface area contributed by atoms with Gasteiger partial charge >= 0.3 is 0 Å². The quantitative estimate of drug-likeness (QED) is 0.768. The van der Waals surface area contributed by atoms with Gasteiger partial charge in [-0.1, -0.05) is 22.0 Å². The molecule has 2 rings (SSSR count). The minimum atomic E-state index is -0.345. The third kappa shape index (κ3) is 2.82. The number of rotatable bonds is 3. The number of thiophene rings is 1. The van der Waals surface area contributed by atoms with Crippen molar-refractivity contribution in [3.8, 4) is 0 Å². The van der Waals surface area contributed by atoms with Crippen molar-refractivity contribution < 1.29 is 9.18 Å². The van der Waals surface area contributed by atoms with Crippen molar-refractivity contribution >= 4 is 33.0 Å². The molecule has 0 atom stereocenters. The van der Waals surface area contributed by atoms with Gasteiger partial charge in [-0.3, -0.25) is 4.79 Å². The molecular formula is C13H10BrFOS. The predicted molar refractivity (Wildman–Crippen MR) is 71.2 cm³/mol. The summed E-state index contributed by atoms with van der Waals surface area (Å²) in [4.78, 5) is 12.7. The molecule has 0 aliphatic heterocycles. The van der Waals surface area contributed by atoms with Gasteiger partial charge in [-0.15, -0.1) is 11.3 Å². The number of carbonyl (C=O) groups is 1. The minimum Gasteiger partial charge on any atom is -0.293 e. The second-order valence-corrected chi connectivity index (χ2v) is 5.60. The summed E-state index contributed by atoms with van der Waals surface area (Å²) in [5.41, 5.74) is 1.39. The van der Waals surface area contributed by atoms with Crippen LogP contribution in [0, 0.1) is 12.7 Å². The summed E-state index contributed by atoms with van der Waals surface area (Å²) in [7, 11) is 0. The lowest BCUT2D eigenvalue weighted by Crippen LogP contribution is -2.04. The Bertz CT molecular complexity index is 562. The monoisotopic (exact) mass is 312 g/mol. The molecule has 1 aromatic carbocycles. The Balaban J connectivity index is 2.22. The van der Waals surface area contributed by atoms with E-state index in [9.17, 15) is 9.18 Å². The SMILES string of the molecule is Cc1ccsc1C(=O)Cc1ccc(Br)cc1F. The van der Waals surface area contributed by atoms with Gasteiger partial charge in [0.25, 0.3) is 0 Å². The van der Waals surface area contributed by atoms with E-state index in [0.717, 1.165) is 5.56 Å². The number of hydrogen-bond acceptors (Lipinski definition) is 2. The van der Waals surface area contributed by atoms with Gasteiger partial charge < -0.3 is 0 Å². The number of ketones is 1. The van der Waals surface area contributed by atoms with E-state index in [1.807, 2.05) is 18.4 Å². The van der Waals surface area contributed by atoms with Gasteiger partial charge in [0.15, 0.2) is 5.78 Å². The van der Waals surface area contributed by atoms with E-state index in [2.05, 4.69) is 15.9 Å². The molecule has 0 saturated heterocycles. The molecular weight excluding hydrogens is 303 g/mol. The molecule has 88 valence electrons. The van der Waals surface area contributed by atoms with E-state index in [-0.39, 0.29) is 18.0 Å². The van der Waals surface area contributed by atoms with Crippen LogP contribution in [0.2, 0.25) is 0 Å². The molecule has 1 aromatic heterocycles. The second kappa shape index (κ2) is 5.10. The fourth-order valence-corrected chi connectivity index (χ4v) is 2.78. The number of hydrogen-bond donors (Lipinski definition) is 0. The summed E-state index contributed by atoms with van der Waals surface area (Å²) in [6.07, 6.45) is 0.112. The molecule has 0 aliphatic carbocycles. The topological polar surface area (TPSA) is 17.1 Å². The standard InChI is InChI=1S/C13H10BrFOS/c1-8-4-5-17-13(8)12(16)6-9-2-3-10(14)7-11(9)15/h2-5,7H,6H2,1H3. The van der Waals surface area contributed by atoms with Crippen LogP contribution in [0.1, 0.15) is 20.8 Å². The number of Topliss-reactive ketones (excluding diaryl/α,β-unsaturated/α-hetero) is 1. The molecule has 0 aliphatic rings. The van der Waals surface area contributed by atoms with Gasteiger partial charge in [0, 0.05) is 10.9 Å². The number of carbonyl (C=O) groups excluding carboxylic acids is 1. The molecule has 17 heavy (non-hydrogen) atoms. The molecule has 4 heteroatoms. The van der Waals surface area contributed by atoms with Crippen LogP contribution in [0.25, 0.3) is 0 Å². The van der Waals surface area contributed by atoms with E-state index in [1.165, 1.54) is 17.4 Å². The van der Waals surface area contributed by atoms with Crippen LogP contribution in [-0.4, -0.2) is 5.78 Å². The second-order valence-electron chi connectivity index (χ2n) is 3.77. The Morgan fingerprint density at radius 3 is 2.76 bits per heavy atom. The van der Waals surface area contributed by atoms with E-state index in [0.29, 0.717) is 14.9 Å². The van der Waals surface area contributed by atoms with Crippen molar-refractivity contribution in [2.75, 3.05) is 0 Å². The number of benzene rings is 1. The predicted octanol–water partition coefficient (Wildman–Crippen LogP) is 4.38. The van der Waals surface area contributed by atoms with E-state index in [1.54, 1.807) is 12.1 Å². The lowest BCUT2D eigenvalue weighted by atomic mass is 10.1. The van der Waals surface area contributed by atoms with Gasteiger partial charge in [0.05, 0.1) is 4.88 Å². The Hall–Kier alpha value is -1.00. The molecule has 0 spiro atoms. The fraction of sp³-hybridized carbons (Fsp3) is 0.154. The molecule has 2 aromatic rings. The molecule has 0 radical (unpaired) electrons. The molecule has 0 saturated carbocycles. The van der Waals surface area contributed by atoms with Crippen molar-refractivity contribution in [3.05, 3.63) is 55.9 Å². The van der Waals surface area contributed by atoms with Crippen LogP contribution in [0.4, 0.5) is 4.39 Å². The van der Waals surface area contributed by atoms with Crippen molar-refractivity contribution in [1.29, 1.82) is 0 Å². The third-order valence-corrected chi connectivity index (χ3v) is 4.03. The van der Waals surface area contributed by atoms with Crippen LogP contribution in [-0.2, 0) is 6.42 Å².